The van der Waals surface area contributed by atoms with Gasteiger partial charge in [0.15, 0.2) is 3.95 Å². The van der Waals surface area contributed by atoms with Crippen molar-refractivity contribution >= 4 is 23.6 Å². The molecule has 66 valence electrons. The number of H-pyrrole nitrogens is 1. The van der Waals surface area contributed by atoms with Crippen LogP contribution >= 0.6 is 23.6 Å². The highest BCUT2D eigenvalue weighted by atomic mass is 32.1. The lowest BCUT2D eigenvalue weighted by Gasteiger charge is -2.19. The fourth-order valence-electron chi connectivity index (χ4n) is 1.91. The first kappa shape index (κ1) is 8.45. The number of nitrogens with one attached hydrogen (secondary N) is 1. The first-order chi connectivity index (χ1) is 5.86. The maximum absolute atomic E-state index is 5.07. The van der Waals surface area contributed by atoms with Crippen molar-refractivity contribution < 1.29 is 0 Å². The summed E-state index contributed by atoms with van der Waals surface area (Å²) in [6, 6.07) is 0. The van der Waals surface area contributed by atoms with Crippen LogP contribution in [0.25, 0.3) is 0 Å². The van der Waals surface area contributed by atoms with Crippen LogP contribution in [0.4, 0.5) is 0 Å². The van der Waals surface area contributed by atoms with Gasteiger partial charge in [-0.05, 0) is 31.0 Å². The highest BCUT2D eigenvalue weighted by molar-refractivity contribution is 7.73. The van der Waals surface area contributed by atoms with E-state index in [9.17, 15) is 0 Å². The SMILES string of the molecule is S=c1[nH]c(C2CCCCC2)cs1. The van der Waals surface area contributed by atoms with Crippen LogP contribution in [-0.4, -0.2) is 4.98 Å². The molecule has 1 N–H and O–H groups in total. The Balaban J connectivity index is 2.13. The Morgan fingerprint density at radius 3 is 2.67 bits per heavy atom. The zero-order valence-corrected chi connectivity index (χ0v) is 8.64. The molecule has 1 aromatic heterocycles. The molecule has 1 aromatic rings. The van der Waals surface area contributed by atoms with Crippen LogP contribution in [0.15, 0.2) is 5.38 Å². The maximum atomic E-state index is 5.07. The lowest BCUT2D eigenvalue weighted by atomic mass is 9.87. The van der Waals surface area contributed by atoms with E-state index in [1.165, 1.54) is 37.8 Å². The second kappa shape index (κ2) is 3.71. The van der Waals surface area contributed by atoms with Crippen molar-refractivity contribution in [3.8, 4) is 0 Å². The lowest BCUT2D eigenvalue weighted by molar-refractivity contribution is 0.438. The van der Waals surface area contributed by atoms with E-state index in [4.69, 9.17) is 12.2 Å². The normalized spacial score (nSPS) is 19.7. The third-order valence-electron chi connectivity index (χ3n) is 2.58. The molecule has 1 fully saturated rings. The minimum absolute atomic E-state index is 0.770. The molecule has 1 heterocycles. The monoisotopic (exact) mass is 199 g/mol. The van der Waals surface area contributed by atoms with E-state index >= 15 is 0 Å². The Morgan fingerprint density at radius 1 is 1.33 bits per heavy atom. The van der Waals surface area contributed by atoms with E-state index in [0.717, 1.165) is 9.87 Å². The maximum Gasteiger partial charge on any atom is 0.158 e. The molecule has 0 aromatic carbocycles. The van der Waals surface area contributed by atoms with E-state index in [0.29, 0.717) is 0 Å². The van der Waals surface area contributed by atoms with Gasteiger partial charge in [-0.1, -0.05) is 19.3 Å². The molecule has 1 saturated carbocycles. The Labute approximate surface area is 81.8 Å². The zero-order chi connectivity index (χ0) is 8.39. The summed E-state index contributed by atoms with van der Waals surface area (Å²) in [6.45, 7) is 0. The van der Waals surface area contributed by atoms with Gasteiger partial charge in [-0.25, -0.2) is 0 Å². The second-order valence-electron chi connectivity index (χ2n) is 3.44. The van der Waals surface area contributed by atoms with Crippen LogP contribution < -0.4 is 0 Å². The molecule has 0 aliphatic heterocycles. The van der Waals surface area contributed by atoms with Crippen LogP contribution in [-0.2, 0) is 0 Å². The van der Waals surface area contributed by atoms with Crippen molar-refractivity contribution in [1.29, 1.82) is 0 Å². The largest absolute Gasteiger partial charge is 0.341 e. The highest BCUT2D eigenvalue weighted by Crippen LogP contribution is 2.32. The molecule has 1 nitrogen and oxygen atoms in total. The summed E-state index contributed by atoms with van der Waals surface area (Å²) in [6.07, 6.45) is 6.90. The van der Waals surface area contributed by atoms with Crippen molar-refractivity contribution in [1.82, 2.24) is 4.98 Å². The van der Waals surface area contributed by atoms with Crippen LogP contribution in [0.5, 0.6) is 0 Å². The highest BCUT2D eigenvalue weighted by Gasteiger charge is 2.15. The van der Waals surface area contributed by atoms with Crippen molar-refractivity contribution in [3.63, 3.8) is 0 Å². The smallest absolute Gasteiger partial charge is 0.158 e. The van der Waals surface area contributed by atoms with E-state index in [1.807, 2.05) is 0 Å². The minimum Gasteiger partial charge on any atom is -0.341 e. The van der Waals surface area contributed by atoms with Gasteiger partial charge in [-0.15, -0.1) is 11.3 Å². The first-order valence-corrected chi connectivity index (χ1v) is 5.83. The number of hydrogen-bond acceptors (Lipinski definition) is 2. The Hall–Kier alpha value is -0.150. The Kier molecular flexibility index (Phi) is 2.61. The fourth-order valence-corrected chi connectivity index (χ4v) is 2.83. The summed E-state index contributed by atoms with van der Waals surface area (Å²) in [7, 11) is 0. The molecular weight excluding hydrogens is 186 g/mol. The Bertz CT molecular complexity index is 293. The van der Waals surface area contributed by atoms with Gasteiger partial charge in [0.2, 0.25) is 0 Å². The predicted octanol–water partition coefficient (Wildman–Crippen LogP) is 3.85. The van der Waals surface area contributed by atoms with E-state index in [1.54, 1.807) is 11.3 Å². The second-order valence-corrected chi connectivity index (χ2v) is 4.98. The molecule has 0 spiro atoms. The van der Waals surface area contributed by atoms with E-state index < -0.39 is 0 Å². The summed E-state index contributed by atoms with van der Waals surface area (Å²) in [5, 5.41) is 2.19. The van der Waals surface area contributed by atoms with Crippen molar-refractivity contribution in [2.75, 3.05) is 0 Å². The lowest BCUT2D eigenvalue weighted by Crippen LogP contribution is -2.04. The molecule has 0 saturated heterocycles. The van der Waals surface area contributed by atoms with Gasteiger partial charge in [0.1, 0.15) is 0 Å². The van der Waals surface area contributed by atoms with Gasteiger partial charge in [-0.3, -0.25) is 0 Å². The molecule has 0 radical (unpaired) electrons. The third kappa shape index (κ3) is 1.77. The number of aromatic amines is 1. The van der Waals surface area contributed by atoms with Crippen molar-refractivity contribution in [2.45, 2.75) is 38.0 Å². The van der Waals surface area contributed by atoms with Crippen molar-refractivity contribution in [2.24, 2.45) is 0 Å². The number of aromatic nitrogens is 1. The van der Waals surface area contributed by atoms with Gasteiger partial charge in [0.25, 0.3) is 0 Å². The van der Waals surface area contributed by atoms with Gasteiger partial charge >= 0.3 is 0 Å². The summed E-state index contributed by atoms with van der Waals surface area (Å²) < 4.78 is 0.926. The quantitative estimate of drug-likeness (QED) is 0.679. The molecule has 0 bridgehead atoms. The average molecular weight is 199 g/mol. The number of thiazole rings is 1. The minimum atomic E-state index is 0.770. The van der Waals surface area contributed by atoms with Gasteiger partial charge < -0.3 is 4.98 Å². The fraction of sp³-hybridized carbons (Fsp3) is 0.667. The third-order valence-corrected chi connectivity index (χ3v) is 3.66. The molecule has 3 heteroatoms. The first-order valence-electron chi connectivity index (χ1n) is 4.54. The average Bonchev–Trinajstić information content (AvgIpc) is 2.54. The van der Waals surface area contributed by atoms with Crippen LogP contribution in [0.3, 0.4) is 0 Å². The molecule has 2 rings (SSSR count). The van der Waals surface area contributed by atoms with Gasteiger partial charge in [0.05, 0.1) is 0 Å². The van der Waals surface area contributed by atoms with Crippen LogP contribution in [0, 0.1) is 3.95 Å². The summed E-state index contributed by atoms with van der Waals surface area (Å²) in [4.78, 5) is 3.28. The molecule has 12 heavy (non-hydrogen) atoms. The van der Waals surface area contributed by atoms with Crippen LogP contribution in [0.1, 0.15) is 43.7 Å². The Morgan fingerprint density at radius 2 is 2.08 bits per heavy atom. The number of hydrogen-bond donors (Lipinski definition) is 1. The molecule has 0 amide bonds. The summed E-state index contributed by atoms with van der Waals surface area (Å²) in [5.74, 6) is 0.770. The standard InChI is InChI=1S/C9H13NS2/c11-9-10-8(6-12-9)7-4-2-1-3-5-7/h6-7H,1-5H2,(H,10,11). The predicted molar refractivity (Wildman–Crippen MR) is 55.3 cm³/mol. The molecule has 0 atom stereocenters. The molecule has 1 aliphatic rings. The topological polar surface area (TPSA) is 15.8 Å². The summed E-state index contributed by atoms with van der Waals surface area (Å²) >= 11 is 6.72. The summed E-state index contributed by atoms with van der Waals surface area (Å²) in [5.41, 5.74) is 1.38. The molecular formula is C9H13NS2. The van der Waals surface area contributed by atoms with Crippen molar-refractivity contribution in [3.05, 3.63) is 15.0 Å². The zero-order valence-electron chi connectivity index (χ0n) is 7.01. The molecule has 1 aliphatic carbocycles. The van der Waals surface area contributed by atoms with E-state index in [-0.39, 0.29) is 0 Å². The number of rotatable bonds is 1. The molecule has 0 unspecified atom stereocenters. The van der Waals surface area contributed by atoms with Gasteiger partial charge in [-0.2, -0.15) is 0 Å². The van der Waals surface area contributed by atoms with Crippen LogP contribution in [0.2, 0.25) is 0 Å². The van der Waals surface area contributed by atoms with Gasteiger partial charge in [0, 0.05) is 11.1 Å². The van der Waals surface area contributed by atoms with E-state index in [2.05, 4.69) is 10.4 Å².